The van der Waals surface area contributed by atoms with E-state index in [4.69, 9.17) is 0 Å². The van der Waals surface area contributed by atoms with Crippen molar-refractivity contribution in [3.8, 4) is 0 Å². The molecule has 1 atom stereocenters. The van der Waals surface area contributed by atoms with Gasteiger partial charge in [-0.2, -0.15) is 4.31 Å². The number of benzene rings is 2. The number of rotatable bonds is 9. The Morgan fingerprint density at radius 3 is 2.33 bits per heavy atom. The highest BCUT2D eigenvalue weighted by atomic mass is 32.2. The molecule has 0 radical (unpaired) electrons. The highest BCUT2D eigenvalue weighted by Gasteiger charge is 2.30. The molecule has 10 heteroatoms. The summed E-state index contributed by atoms with van der Waals surface area (Å²) in [6.07, 6.45) is 4.18. The van der Waals surface area contributed by atoms with E-state index >= 15 is 0 Å². The van der Waals surface area contributed by atoms with E-state index in [1.807, 2.05) is 6.92 Å². The minimum atomic E-state index is -3.60. The zero-order valence-corrected chi connectivity index (χ0v) is 20.2. The summed E-state index contributed by atoms with van der Waals surface area (Å²) in [5.74, 6) is -0.570. The fraction of sp³-hybridized carbons (Fsp3) is 0.348. The summed E-state index contributed by atoms with van der Waals surface area (Å²) in [6, 6.07) is 12.3. The summed E-state index contributed by atoms with van der Waals surface area (Å²) >= 11 is 0. The first-order valence-electron chi connectivity index (χ1n) is 10.7. The Hall–Kier alpha value is -2.53. The molecule has 1 amide bonds. The molecule has 0 saturated carbocycles. The molecule has 3 rings (SSSR count). The number of piperidine rings is 1. The van der Waals surface area contributed by atoms with Crippen molar-refractivity contribution in [2.24, 2.45) is 0 Å². The lowest BCUT2D eigenvalue weighted by Crippen LogP contribution is -2.41. The third-order valence-electron chi connectivity index (χ3n) is 5.48. The first-order chi connectivity index (χ1) is 15.6. The lowest BCUT2D eigenvalue weighted by Gasteiger charge is -2.32. The van der Waals surface area contributed by atoms with Crippen LogP contribution in [0.1, 0.15) is 42.1 Å². The van der Waals surface area contributed by atoms with Crippen molar-refractivity contribution in [3.05, 3.63) is 72.3 Å². The monoisotopic (exact) mass is 491 g/mol. The van der Waals surface area contributed by atoms with E-state index in [0.29, 0.717) is 23.4 Å². The maximum Gasteiger partial charge on any atom is 0.255 e. The minimum Gasteiger partial charge on any atom is -0.322 e. The quantitative estimate of drug-likeness (QED) is 0.524. The molecule has 0 bridgehead atoms. The van der Waals surface area contributed by atoms with Gasteiger partial charge in [0, 0.05) is 30.4 Å². The Kier molecular flexibility index (Phi) is 8.06. The molecular formula is C23H29N3O5S2. The van der Waals surface area contributed by atoms with Crippen LogP contribution in [0.2, 0.25) is 0 Å². The van der Waals surface area contributed by atoms with E-state index in [1.54, 1.807) is 24.3 Å². The van der Waals surface area contributed by atoms with E-state index in [9.17, 15) is 21.6 Å². The van der Waals surface area contributed by atoms with Crippen molar-refractivity contribution >= 4 is 31.6 Å². The number of nitrogens with one attached hydrogen (secondary N) is 2. The van der Waals surface area contributed by atoms with Crippen LogP contribution in [-0.2, 0) is 25.8 Å². The number of anilines is 1. The van der Waals surface area contributed by atoms with Gasteiger partial charge in [0.15, 0.2) is 0 Å². The molecule has 0 aliphatic carbocycles. The number of nitrogens with zero attached hydrogens (tertiary/aromatic N) is 1. The SMILES string of the molecule is C=CCNS(=O)(=O)Cc1ccc(NC(=O)c2ccc(S(=O)(=O)N3CCCCC3C)cc2)cc1. The van der Waals surface area contributed by atoms with E-state index in [0.717, 1.165) is 19.3 Å². The third-order valence-corrected chi connectivity index (χ3v) is 8.83. The number of hydrogen-bond donors (Lipinski definition) is 2. The topological polar surface area (TPSA) is 113 Å². The van der Waals surface area contributed by atoms with Crippen LogP contribution in [0.15, 0.2) is 66.1 Å². The van der Waals surface area contributed by atoms with Crippen LogP contribution in [0.3, 0.4) is 0 Å². The lowest BCUT2D eigenvalue weighted by atomic mass is 10.1. The standard InChI is InChI=1S/C23H29N3O5S2/c1-3-15-24-32(28,29)17-19-7-11-21(12-8-19)25-23(27)20-9-13-22(14-10-20)33(30,31)26-16-5-4-6-18(26)2/h3,7-14,18,24H,1,4-6,15-17H2,2H3,(H,25,27). The molecule has 0 spiro atoms. The van der Waals surface area contributed by atoms with Gasteiger partial charge in [-0.05, 0) is 61.7 Å². The van der Waals surface area contributed by atoms with Crippen LogP contribution in [0.5, 0.6) is 0 Å². The molecule has 2 aromatic carbocycles. The van der Waals surface area contributed by atoms with Crippen molar-refractivity contribution in [2.45, 2.75) is 42.9 Å². The fourth-order valence-electron chi connectivity index (χ4n) is 3.69. The molecule has 8 nitrogen and oxygen atoms in total. The summed E-state index contributed by atoms with van der Waals surface area (Å²) in [5, 5.41) is 2.73. The average molecular weight is 492 g/mol. The van der Waals surface area contributed by atoms with Crippen molar-refractivity contribution < 1.29 is 21.6 Å². The maximum absolute atomic E-state index is 12.9. The number of carbonyl (C=O) groups excluding carboxylic acids is 1. The predicted octanol–water partition coefficient (Wildman–Crippen LogP) is 3.11. The van der Waals surface area contributed by atoms with Crippen molar-refractivity contribution in [3.63, 3.8) is 0 Å². The minimum absolute atomic E-state index is 0.0394. The van der Waals surface area contributed by atoms with E-state index in [-0.39, 0.29) is 23.2 Å². The van der Waals surface area contributed by atoms with Gasteiger partial charge in [0.2, 0.25) is 20.0 Å². The van der Waals surface area contributed by atoms with Crippen molar-refractivity contribution in [1.82, 2.24) is 9.03 Å². The highest BCUT2D eigenvalue weighted by Crippen LogP contribution is 2.25. The molecule has 1 unspecified atom stereocenters. The zero-order chi connectivity index (χ0) is 24.1. The molecule has 0 aromatic heterocycles. The molecule has 33 heavy (non-hydrogen) atoms. The van der Waals surface area contributed by atoms with Crippen LogP contribution in [-0.4, -0.2) is 46.2 Å². The van der Waals surface area contributed by atoms with Gasteiger partial charge in [0.05, 0.1) is 10.6 Å². The van der Waals surface area contributed by atoms with Crippen molar-refractivity contribution in [2.75, 3.05) is 18.4 Å². The normalized spacial score (nSPS) is 17.4. The maximum atomic E-state index is 12.9. The first-order valence-corrected chi connectivity index (χ1v) is 13.8. The van der Waals surface area contributed by atoms with Gasteiger partial charge in [-0.25, -0.2) is 21.6 Å². The van der Waals surface area contributed by atoms with Gasteiger partial charge in [-0.15, -0.1) is 6.58 Å². The molecule has 1 saturated heterocycles. The van der Waals surface area contributed by atoms with E-state index < -0.39 is 26.0 Å². The van der Waals surface area contributed by atoms with Gasteiger partial charge >= 0.3 is 0 Å². The summed E-state index contributed by atoms with van der Waals surface area (Å²) < 4.78 is 53.7. The molecule has 2 aromatic rings. The third kappa shape index (κ3) is 6.50. The number of carbonyl (C=O) groups is 1. The average Bonchev–Trinajstić information content (AvgIpc) is 2.79. The Labute approximate surface area is 195 Å². The molecule has 1 fully saturated rings. The van der Waals surface area contributed by atoms with Crippen LogP contribution in [0.25, 0.3) is 0 Å². The van der Waals surface area contributed by atoms with Crippen LogP contribution >= 0.6 is 0 Å². The summed E-state index contributed by atoms with van der Waals surface area (Å²) in [4.78, 5) is 12.7. The molecule has 1 aliphatic heterocycles. The molecule has 178 valence electrons. The summed E-state index contributed by atoms with van der Waals surface area (Å²) in [5.41, 5.74) is 1.39. The number of amides is 1. The lowest BCUT2D eigenvalue weighted by molar-refractivity contribution is 0.102. The van der Waals surface area contributed by atoms with Gasteiger partial charge in [-0.3, -0.25) is 4.79 Å². The van der Waals surface area contributed by atoms with Gasteiger partial charge in [-0.1, -0.05) is 24.6 Å². The van der Waals surface area contributed by atoms with Crippen LogP contribution < -0.4 is 10.0 Å². The fourth-order valence-corrected chi connectivity index (χ4v) is 6.49. The van der Waals surface area contributed by atoms with Crippen LogP contribution in [0, 0.1) is 0 Å². The Balaban J connectivity index is 1.64. The van der Waals surface area contributed by atoms with E-state index in [1.165, 1.54) is 34.6 Å². The number of hydrogen-bond acceptors (Lipinski definition) is 5. The second-order valence-corrected chi connectivity index (χ2v) is 11.7. The smallest absolute Gasteiger partial charge is 0.255 e. The van der Waals surface area contributed by atoms with Gasteiger partial charge < -0.3 is 5.32 Å². The highest BCUT2D eigenvalue weighted by molar-refractivity contribution is 7.89. The van der Waals surface area contributed by atoms with Crippen molar-refractivity contribution in [1.29, 1.82) is 0 Å². The number of sulfonamides is 2. The summed E-state index contributed by atoms with van der Waals surface area (Å²) in [6.45, 7) is 6.06. The second-order valence-electron chi connectivity index (χ2n) is 8.03. The predicted molar refractivity (Wildman–Crippen MR) is 129 cm³/mol. The van der Waals surface area contributed by atoms with Gasteiger partial charge in [0.25, 0.3) is 5.91 Å². The van der Waals surface area contributed by atoms with Crippen LogP contribution in [0.4, 0.5) is 5.69 Å². The molecule has 2 N–H and O–H groups in total. The van der Waals surface area contributed by atoms with Gasteiger partial charge in [0.1, 0.15) is 0 Å². The Morgan fingerprint density at radius 1 is 1.06 bits per heavy atom. The molecule has 1 heterocycles. The van der Waals surface area contributed by atoms with E-state index in [2.05, 4.69) is 16.6 Å². The first kappa shape index (κ1) is 25.1. The molecule has 1 aliphatic rings. The second kappa shape index (κ2) is 10.6. The Morgan fingerprint density at radius 2 is 1.73 bits per heavy atom. The Bertz CT molecular complexity index is 1190. The molecular weight excluding hydrogens is 462 g/mol. The largest absolute Gasteiger partial charge is 0.322 e. The zero-order valence-electron chi connectivity index (χ0n) is 18.5. The summed E-state index contributed by atoms with van der Waals surface area (Å²) in [7, 11) is -7.06.